The molecular weight excluding hydrogens is 356 g/mol. The molecule has 7 heteroatoms. The van der Waals surface area contributed by atoms with Crippen LogP contribution in [0.5, 0.6) is 11.5 Å². The summed E-state index contributed by atoms with van der Waals surface area (Å²) < 4.78 is 10.5. The zero-order chi connectivity index (χ0) is 19.9. The molecule has 0 aliphatic heterocycles. The van der Waals surface area contributed by atoms with Gasteiger partial charge in [0.15, 0.2) is 11.5 Å². The van der Waals surface area contributed by atoms with Crippen molar-refractivity contribution in [3.05, 3.63) is 72.1 Å². The van der Waals surface area contributed by atoms with Crippen molar-refractivity contribution in [2.24, 2.45) is 0 Å². The summed E-state index contributed by atoms with van der Waals surface area (Å²) in [6.45, 7) is 1.93. The Morgan fingerprint density at radius 3 is 2.46 bits per heavy atom. The number of nitrogens with zero attached hydrogens (tertiary/aromatic N) is 2. The number of methoxy groups -OCH3 is 2. The normalized spacial score (nSPS) is 11.4. The number of hydrogen-bond acceptors (Lipinski definition) is 6. The molecule has 2 aromatic carbocycles. The van der Waals surface area contributed by atoms with Gasteiger partial charge in [0, 0.05) is 18.0 Å². The maximum absolute atomic E-state index is 12.6. The van der Waals surface area contributed by atoms with E-state index in [1.165, 1.54) is 6.20 Å². The fraction of sp³-hybridized carbons (Fsp3) is 0.190. The van der Waals surface area contributed by atoms with Crippen LogP contribution < -0.4 is 20.1 Å². The van der Waals surface area contributed by atoms with Crippen LogP contribution in [0.1, 0.15) is 29.0 Å². The Morgan fingerprint density at radius 1 is 1.00 bits per heavy atom. The molecule has 1 amide bonds. The minimum atomic E-state index is -0.269. The van der Waals surface area contributed by atoms with E-state index >= 15 is 0 Å². The standard InChI is InChI=1S/C21H22N4O3/c1-14(15-7-5-4-6-8-15)23-20(26)17-11-12-22-21(25-17)24-16-9-10-18(27-2)19(13-16)28-3/h4-14H,1-3H3,(H,23,26)(H,22,24,25). The smallest absolute Gasteiger partial charge is 0.270 e. The first-order chi connectivity index (χ1) is 13.6. The summed E-state index contributed by atoms with van der Waals surface area (Å²) >= 11 is 0. The summed E-state index contributed by atoms with van der Waals surface area (Å²) in [7, 11) is 3.14. The number of nitrogens with one attached hydrogen (secondary N) is 2. The van der Waals surface area contributed by atoms with Crippen LogP contribution in [0.4, 0.5) is 11.6 Å². The van der Waals surface area contributed by atoms with Crippen LogP contribution in [0.25, 0.3) is 0 Å². The average molecular weight is 378 g/mol. The van der Waals surface area contributed by atoms with Crippen molar-refractivity contribution in [3.8, 4) is 11.5 Å². The van der Waals surface area contributed by atoms with Crippen molar-refractivity contribution in [2.45, 2.75) is 13.0 Å². The quantitative estimate of drug-likeness (QED) is 0.652. The molecule has 2 N–H and O–H groups in total. The van der Waals surface area contributed by atoms with Gasteiger partial charge < -0.3 is 20.1 Å². The van der Waals surface area contributed by atoms with Crippen LogP contribution in [0.2, 0.25) is 0 Å². The first-order valence-corrected chi connectivity index (χ1v) is 8.78. The Bertz CT molecular complexity index is 947. The van der Waals surface area contributed by atoms with E-state index in [4.69, 9.17) is 9.47 Å². The van der Waals surface area contributed by atoms with E-state index in [-0.39, 0.29) is 17.6 Å². The molecule has 3 rings (SSSR count). The number of benzene rings is 2. The zero-order valence-corrected chi connectivity index (χ0v) is 16.0. The highest BCUT2D eigenvalue weighted by molar-refractivity contribution is 5.92. The van der Waals surface area contributed by atoms with Gasteiger partial charge in [-0.15, -0.1) is 0 Å². The van der Waals surface area contributed by atoms with Gasteiger partial charge in [-0.25, -0.2) is 9.97 Å². The van der Waals surface area contributed by atoms with Crippen molar-refractivity contribution in [3.63, 3.8) is 0 Å². The number of amides is 1. The lowest BCUT2D eigenvalue weighted by atomic mass is 10.1. The topological polar surface area (TPSA) is 85.4 Å². The zero-order valence-electron chi connectivity index (χ0n) is 16.0. The summed E-state index contributed by atoms with van der Waals surface area (Å²) in [6, 6.07) is 16.6. The highest BCUT2D eigenvalue weighted by Crippen LogP contribution is 2.30. The molecule has 0 radical (unpaired) electrons. The maximum Gasteiger partial charge on any atom is 0.270 e. The summed E-state index contributed by atoms with van der Waals surface area (Å²) in [5, 5.41) is 6.02. The molecule has 1 heterocycles. The van der Waals surface area contributed by atoms with E-state index in [0.29, 0.717) is 23.1 Å². The molecular formula is C21H22N4O3. The van der Waals surface area contributed by atoms with Crippen molar-refractivity contribution < 1.29 is 14.3 Å². The molecule has 144 valence electrons. The summed E-state index contributed by atoms with van der Waals surface area (Å²) in [5.74, 6) is 1.25. The molecule has 0 spiro atoms. The summed E-state index contributed by atoms with van der Waals surface area (Å²) in [6.07, 6.45) is 1.54. The molecule has 1 atom stereocenters. The molecule has 0 aliphatic carbocycles. The van der Waals surface area contributed by atoms with Gasteiger partial charge >= 0.3 is 0 Å². The molecule has 28 heavy (non-hydrogen) atoms. The van der Waals surface area contributed by atoms with Crippen molar-refractivity contribution in [1.82, 2.24) is 15.3 Å². The molecule has 0 bridgehead atoms. The second-order valence-electron chi connectivity index (χ2n) is 6.07. The van der Waals surface area contributed by atoms with E-state index in [1.807, 2.05) is 43.3 Å². The number of carbonyl (C=O) groups excluding carboxylic acids is 1. The largest absolute Gasteiger partial charge is 0.493 e. The fourth-order valence-corrected chi connectivity index (χ4v) is 2.68. The van der Waals surface area contributed by atoms with E-state index in [1.54, 1.807) is 32.4 Å². The van der Waals surface area contributed by atoms with Crippen LogP contribution >= 0.6 is 0 Å². The predicted octanol–water partition coefficient (Wildman–Crippen LogP) is 3.73. The van der Waals surface area contributed by atoms with Crippen LogP contribution in [0, 0.1) is 0 Å². The third-order valence-electron chi connectivity index (χ3n) is 4.18. The van der Waals surface area contributed by atoms with Crippen LogP contribution in [0.15, 0.2) is 60.8 Å². The molecule has 0 saturated carbocycles. The first kappa shape index (κ1) is 19.2. The molecule has 0 fully saturated rings. The highest BCUT2D eigenvalue weighted by atomic mass is 16.5. The molecule has 0 aliphatic rings. The number of hydrogen-bond donors (Lipinski definition) is 2. The van der Waals surface area contributed by atoms with Crippen molar-refractivity contribution in [2.75, 3.05) is 19.5 Å². The maximum atomic E-state index is 12.6. The summed E-state index contributed by atoms with van der Waals surface area (Å²) in [5.41, 5.74) is 2.02. The average Bonchev–Trinajstić information content (AvgIpc) is 2.74. The Labute approximate surface area is 163 Å². The Balaban J connectivity index is 1.72. The number of rotatable bonds is 7. The number of ether oxygens (including phenoxy) is 2. The van der Waals surface area contributed by atoms with Crippen molar-refractivity contribution >= 4 is 17.5 Å². The molecule has 7 nitrogen and oxygen atoms in total. The van der Waals surface area contributed by atoms with Crippen LogP contribution in [-0.2, 0) is 0 Å². The summed E-state index contributed by atoms with van der Waals surface area (Å²) in [4.78, 5) is 21.0. The van der Waals surface area contributed by atoms with Gasteiger partial charge in [-0.2, -0.15) is 0 Å². The Kier molecular flexibility index (Phi) is 6.06. The van der Waals surface area contributed by atoms with Crippen molar-refractivity contribution in [1.29, 1.82) is 0 Å². The number of aromatic nitrogens is 2. The van der Waals surface area contributed by atoms with Gasteiger partial charge in [0.05, 0.1) is 20.3 Å². The number of carbonyl (C=O) groups is 1. The molecule has 1 aromatic heterocycles. The predicted molar refractivity (Wildman–Crippen MR) is 107 cm³/mol. The Hall–Kier alpha value is -3.61. The molecule has 3 aromatic rings. The lowest BCUT2D eigenvalue weighted by Gasteiger charge is -2.14. The lowest BCUT2D eigenvalue weighted by Crippen LogP contribution is -2.27. The first-order valence-electron chi connectivity index (χ1n) is 8.78. The van der Waals surface area contributed by atoms with Gasteiger partial charge in [-0.05, 0) is 30.7 Å². The third-order valence-corrected chi connectivity index (χ3v) is 4.18. The van der Waals surface area contributed by atoms with Gasteiger partial charge in [-0.1, -0.05) is 30.3 Å². The van der Waals surface area contributed by atoms with Crippen LogP contribution in [-0.4, -0.2) is 30.1 Å². The van der Waals surface area contributed by atoms with E-state index in [9.17, 15) is 4.79 Å². The molecule has 1 unspecified atom stereocenters. The monoisotopic (exact) mass is 378 g/mol. The van der Waals surface area contributed by atoms with E-state index in [2.05, 4.69) is 20.6 Å². The SMILES string of the molecule is COc1ccc(Nc2nccc(C(=O)NC(C)c3ccccc3)n2)cc1OC. The highest BCUT2D eigenvalue weighted by Gasteiger charge is 2.14. The second-order valence-corrected chi connectivity index (χ2v) is 6.07. The Morgan fingerprint density at radius 2 is 1.75 bits per heavy atom. The van der Waals surface area contributed by atoms with Gasteiger partial charge in [-0.3, -0.25) is 4.79 Å². The third kappa shape index (κ3) is 4.56. The van der Waals surface area contributed by atoms with E-state index < -0.39 is 0 Å². The van der Waals surface area contributed by atoms with Gasteiger partial charge in [0.2, 0.25) is 5.95 Å². The molecule has 0 saturated heterocycles. The number of anilines is 2. The lowest BCUT2D eigenvalue weighted by molar-refractivity contribution is 0.0935. The van der Waals surface area contributed by atoms with Gasteiger partial charge in [0.25, 0.3) is 5.91 Å². The minimum absolute atomic E-state index is 0.133. The van der Waals surface area contributed by atoms with Crippen LogP contribution in [0.3, 0.4) is 0 Å². The fourth-order valence-electron chi connectivity index (χ4n) is 2.68. The van der Waals surface area contributed by atoms with E-state index in [0.717, 1.165) is 5.56 Å². The minimum Gasteiger partial charge on any atom is -0.493 e. The van der Waals surface area contributed by atoms with Gasteiger partial charge in [0.1, 0.15) is 5.69 Å². The second kappa shape index (κ2) is 8.85.